The van der Waals surface area contributed by atoms with E-state index >= 15 is 0 Å². The molecule has 0 aromatic rings. The molecule has 1 heterocycles. The van der Waals surface area contributed by atoms with Gasteiger partial charge in [-0.2, -0.15) is 0 Å². The molecule has 1 aliphatic heterocycles. The molecule has 0 radical (unpaired) electrons. The molecular weight excluding hydrogens is 376 g/mol. The van der Waals surface area contributed by atoms with Crippen molar-refractivity contribution < 1.29 is 19.7 Å². The summed E-state index contributed by atoms with van der Waals surface area (Å²) in [5, 5.41) is 23.3. The zero-order chi connectivity index (χ0) is 21.4. The van der Waals surface area contributed by atoms with E-state index in [1.165, 1.54) is 0 Å². The number of aliphatic hydroxyl groups is 2. The zero-order valence-electron chi connectivity index (χ0n) is 18.7. The SMILES string of the molecule is C=CC[C@@]1(O)CC[C@@]2(C)[C@H](CC[C@@H]3[C@@H]2CC[C@]2(C)[C@@H](C4=CC(=O)OC4)CC[C@]32O)C1. The molecule has 0 aromatic heterocycles. The van der Waals surface area contributed by atoms with E-state index in [1.807, 2.05) is 6.08 Å². The topological polar surface area (TPSA) is 66.8 Å². The highest BCUT2D eigenvalue weighted by Gasteiger charge is 2.68. The minimum Gasteiger partial charge on any atom is -0.458 e. The fraction of sp³-hybridized carbons (Fsp3) is 0.808. The van der Waals surface area contributed by atoms with Gasteiger partial charge in [-0.15, -0.1) is 6.58 Å². The van der Waals surface area contributed by atoms with Crippen LogP contribution in [0.25, 0.3) is 0 Å². The van der Waals surface area contributed by atoms with Gasteiger partial charge in [0.1, 0.15) is 6.61 Å². The quantitative estimate of drug-likeness (QED) is 0.525. The Bertz CT molecular complexity index is 788. The summed E-state index contributed by atoms with van der Waals surface area (Å²) in [5.74, 6) is 1.42. The van der Waals surface area contributed by atoms with Crippen molar-refractivity contribution in [2.45, 2.75) is 89.3 Å². The number of fused-ring (bicyclic) bond motifs is 5. The molecule has 0 bridgehead atoms. The number of ether oxygens (including phenoxy) is 1. The van der Waals surface area contributed by atoms with Gasteiger partial charge in [-0.3, -0.25) is 0 Å². The highest BCUT2D eigenvalue weighted by Crippen LogP contribution is 2.70. The van der Waals surface area contributed by atoms with Gasteiger partial charge >= 0.3 is 5.97 Å². The van der Waals surface area contributed by atoms with Crippen molar-refractivity contribution in [2.75, 3.05) is 6.61 Å². The molecule has 0 saturated heterocycles. The molecule has 4 nitrogen and oxygen atoms in total. The van der Waals surface area contributed by atoms with Crippen molar-refractivity contribution in [1.82, 2.24) is 0 Å². The first-order valence-corrected chi connectivity index (χ1v) is 12.1. The Morgan fingerprint density at radius 3 is 2.60 bits per heavy atom. The lowest BCUT2D eigenvalue weighted by molar-refractivity contribution is -0.214. The lowest BCUT2D eigenvalue weighted by Crippen LogP contribution is -2.63. The number of rotatable bonds is 3. The molecule has 2 N–H and O–H groups in total. The van der Waals surface area contributed by atoms with Gasteiger partial charge in [0.25, 0.3) is 0 Å². The van der Waals surface area contributed by atoms with Gasteiger partial charge in [-0.1, -0.05) is 19.9 Å². The van der Waals surface area contributed by atoms with Gasteiger partial charge in [-0.25, -0.2) is 4.79 Å². The van der Waals surface area contributed by atoms with Crippen LogP contribution in [0.3, 0.4) is 0 Å². The second kappa shape index (κ2) is 6.68. The molecule has 4 aliphatic carbocycles. The van der Waals surface area contributed by atoms with Crippen LogP contribution >= 0.6 is 0 Å². The Kier molecular flexibility index (Phi) is 4.62. The van der Waals surface area contributed by atoms with Crippen molar-refractivity contribution in [3.05, 3.63) is 24.3 Å². The molecule has 0 aromatic carbocycles. The number of esters is 1. The number of hydrogen-bond acceptors (Lipinski definition) is 4. The van der Waals surface area contributed by atoms with Crippen molar-refractivity contribution in [1.29, 1.82) is 0 Å². The molecule has 5 aliphatic rings. The third-order valence-electron chi connectivity index (χ3n) is 10.7. The summed E-state index contributed by atoms with van der Waals surface area (Å²) < 4.78 is 5.22. The lowest BCUT2D eigenvalue weighted by atomic mass is 9.42. The Hall–Kier alpha value is -1.13. The van der Waals surface area contributed by atoms with Crippen LogP contribution in [-0.4, -0.2) is 34.0 Å². The van der Waals surface area contributed by atoms with Gasteiger partial charge in [0.05, 0.1) is 11.2 Å². The van der Waals surface area contributed by atoms with E-state index in [-0.39, 0.29) is 22.7 Å². The van der Waals surface area contributed by atoms with Crippen molar-refractivity contribution in [2.24, 2.45) is 34.5 Å². The van der Waals surface area contributed by atoms with E-state index < -0.39 is 11.2 Å². The highest BCUT2D eigenvalue weighted by molar-refractivity contribution is 5.85. The first kappa shape index (κ1) is 20.8. The average molecular weight is 415 g/mol. The minimum absolute atomic E-state index is 0.171. The van der Waals surface area contributed by atoms with E-state index in [0.29, 0.717) is 30.8 Å². The molecule has 0 spiro atoms. The predicted molar refractivity (Wildman–Crippen MR) is 115 cm³/mol. The first-order chi connectivity index (χ1) is 14.2. The minimum atomic E-state index is -0.657. The Balaban J connectivity index is 1.42. The molecule has 5 rings (SSSR count). The standard InChI is InChI=1S/C26H38O4/c1-4-9-25(28)13-12-23(2)18(15-25)5-6-21-20(23)7-10-24(3)19(8-11-26(21,24)29)17-14-22(27)30-16-17/h4,14,18-21,28-29H,1,5-13,15-16H2,2-3H3/t18-,19-,20+,21-,23+,24-,25-,26+/m1/s1. The van der Waals surface area contributed by atoms with Crippen LogP contribution in [0.5, 0.6) is 0 Å². The van der Waals surface area contributed by atoms with Crippen molar-refractivity contribution in [3.63, 3.8) is 0 Å². The molecule has 30 heavy (non-hydrogen) atoms. The summed E-state index contributed by atoms with van der Waals surface area (Å²) in [6.45, 7) is 9.00. The predicted octanol–water partition coefficient (Wildman–Crippen LogP) is 4.55. The maximum Gasteiger partial charge on any atom is 0.331 e. The van der Waals surface area contributed by atoms with Crippen LogP contribution in [0.2, 0.25) is 0 Å². The summed E-state index contributed by atoms with van der Waals surface area (Å²) in [5.41, 5.74) is -0.106. The maximum atomic E-state index is 12.2. The van der Waals surface area contributed by atoms with E-state index in [1.54, 1.807) is 6.08 Å². The fourth-order valence-electron chi connectivity index (χ4n) is 8.93. The van der Waals surface area contributed by atoms with E-state index in [0.717, 1.165) is 63.4 Å². The largest absolute Gasteiger partial charge is 0.458 e. The smallest absolute Gasteiger partial charge is 0.331 e. The lowest BCUT2D eigenvalue weighted by Gasteiger charge is -2.64. The Morgan fingerprint density at radius 1 is 1.10 bits per heavy atom. The van der Waals surface area contributed by atoms with Crippen LogP contribution in [0.15, 0.2) is 24.3 Å². The van der Waals surface area contributed by atoms with Crippen molar-refractivity contribution in [3.8, 4) is 0 Å². The molecule has 8 atom stereocenters. The summed E-state index contributed by atoms with van der Waals surface area (Å²) in [4.78, 5) is 11.7. The monoisotopic (exact) mass is 414 g/mol. The molecular formula is C26H38O4. The second-order valence-electron chi connectivity index (χ2n) is 11.7. The van der Waals surface area contributed by atoms with Crippen LogP contribution in [0.4, 0.5) is 0 Å². The van der Waals surface area contributed by atoms with Gasteiger partial charge in [0, 0.05) is 11.5 Å². The number of carbonyl (C=O) groups is 1. The van der Waals surface area contributed by atoms with Gasteiger partial charge < -0.3 is 14.9 Å². The van der Waals surface area contributed by atoms with Crippen LogP contribution in [0, 0.1) is 34.5 Å². The zero-order valence-corrected chi connectivity index (χ0v) is 18.7. The van der Waals surface area contributed by atoms with Gasteiger partial charge in [-0.05, 0) is 98.9 Å². The summed E-state index contributed by atoms with van der Waals surface area (Å²) in [6, 6.07) is 0. The van der Waals surface area contributed by atoms with E-state index in [2.05, 4.69) is 20.4 Å². The van der Waals surface area contributed by atoms with Gasteiger partial charge in [0.15, 0.2) is 0 Å². The Morgan fingerprint density at radius 2 is 1.90 bits per heavy atom. The summed E-state index contributed by atoms with van der Waals surface area (Å²) in [7, 11) is 0. The number of hydrogen-bond donors (Lipinski definition) is 2. The molecule has 166 valence electrons. The number of cyclic esters (lactones) is 1. The highest BCUT2D eigenvalue weighted by atomic mass is 16.5. The molecule has 4 heteroatoms. The van der Waals surface area contributed by atoms with Gasteiger partial charge in [0.2, 0.25) is 0 Å². The molecule has 4 fully saturated rings. The van der Waals surface area contributed by atoms with Crippen LogP contribution in [0.1, 0.15) is 78.1 Å². The first-order valence-electron chi connectivity index (χ1n) is 12.1. The van der Waals surface area contributed by atoms with Crippen molar-refractivity contribution >= 4 is 5.97 Å². The van der Waals surface area contributed by atoms with Crippen LogP contribution in [-0.2, 0) is 9.53 Å². The third kappa shape index (κ3) is 2.68. The average Bonchev–Trinajstić information content (AvgIpc) is 3.23. The Labute approximate surface area is 180 Å². The normalized spacial score (nSPS) is 52.7. The van der Waals surface area contributed by atoms with E-state index in [9.17, 15) is 15.0 Å². The van der Waals surface area contributed by atoms with Crippen LogP contribution < -0.4 is 0 Å². The molecule has 4 saturated carbocycles. The third-order valence-corrected chi connectivity index (χ3v) is 10.7. The maximum absolute atomic E-state index is 12.2. The summed E-state index contributed by atoms with van der Waals surface area (Å²) >= 11 is 0. The molecule has 0 unspecified atom stereocenters. The second-order valence-corrected chi connectivity index (χ2v) is 11.7. The fourth-order valence-corrected chi connectivity index (χ4v) is 8.93. The number of carbonyl (C=O) groups excluding carboxylic acids is 1. The molecule has 0 amide bonds. The summed E-state index contributed by atoms with van der Waals surface area (Å²) in [6.07, 6.45) is 13.1. The van der Waals surface area contributed by atoms with E-state index in [4.69, 9.17) is 4.74 Å².